The fraction of sp³-hybridized carbons (Fsp3) is 0.639. The van der Waals surface area contributed by atoms with Crippen LogP contribution >= 0.6 is 105 Å². The van der Waals surface area contributed by atoms with E-state index in [4.69, 9.17) is 30.5 Å². The Kier molecular flexibility index (Phi) is 52.2. The van der Waals surface area contributed by atoms with Crippen molar-refractivity contribution in [3.63, 3.8) is 0 Å². The van der Waals surface area contributed by atoms with Crippen LogP contribution in [0.25, 0.3) is 0 Å². The minimum atomic E-state index is -4.73. The van der Waals surface area contributed by atoms with Crippen molar-refractivity contribution in [3.05, 3.63) is 100 Å². The number of carbonyl (C=O) groups is 8. The Hall–Kier alpha value is -3.75. The molecule has 3 aromatic carbocycles. The zero-order valence-corrected chi connectivity index (χ0v) is 74.5. The lowest BCUT2D eigenvalue weighted by Gasteiger charge is -2.36. The number of nitrogens with two attached hydrogens (primary N) is 2. The van der Waals surface area contributed by atoms with Crippen molar-refractivity contribution in [2.75, 3.05) is 20.8 Å². The zero-order chi connectivity index (χ0) is 81.8. The molecule has 22 nitrogen and oxygen atoms in total. The molecule has 1 saturated heterocycles. The number of hydrazine groups is 1. The molecule has 1 aliphatic rings. The van der Waals surface area contributed by atoms with E-state index in [1.165, 1.54) is 12.7 Å². The number of ether oxygens (including phenoxy) is 7. The highest BCUT2D eigenvalue weighted by Crippen LogP contribution is 2.45. The molecule has 8 atom stereocenters. The summed E-state index contributed by atoms with van der Waals surface area (Å²) in [4.78, 5) is 90.3. The normalized spacial score (nSPS) is 14.7. The van der Waals surface area contributed by atoms with Gasteiger partial charge in [-0.1, -0.05) is 64.1 Å². The van der Waals surface area contributed by atoms with Crippen LogP contribution in [0.2, 0.25) is 0 Å². The van der Waals surface area contributed by atoms with Gasteiger partial charge in [0, 0.05) is 60.3 Å². The Bertz CT molecular complexity index is 3030. The van der Waals surface area contributed by atoms with E-state index in [1.54, 1.807) is 27.7 Å². The van der Waals surface area contributed by atoms with Crippen LogP contribution in [0, 0.1) is 45.2 Å². The number of alkyl carbamates (subject to hydrolysis) is 1. The number of Topliss-reactive ketones (excluding diaryl/α,β-unsaturated/α-hetero) is 1. The molecule has 0 spiro atoms. The Balaban J connectivity index is -0.000000607. The molecule has 105 heavy (non-hydrogen) atoms. The van der Waals surface area contributed by atoms with Gasteiger partial charge in [0.25, 0.3) is 6.47 Å². The summed E-state index contributed by atoms with van der Waals surface area (Å²) >= 11 is 10.9. The number of hydrogen-bond acceptors (Lipinski definition) is 19. The van der Waals surface area contributed by atoms with Crippen molar-refractivity contribution < 1.29 is 108 Å². The van der Waals surface area contributed by atoms with Crippen LogP contribution < -0.4 is 28.5 Å². The van der Waals surface area contributed by atoms with Crippen molar-refractivity contribution in [1.29, 1.82) is 0 Å². The minimum absolute atomic E-state index is 0. The summed E-state index contributed by atoms with van der Waals surface area (Å²) in [6.07, 6.45) is -9.69. The molecule has 11 N–H and O–H groups in total. The second kappa shape index (κ2) is 50.9. The van der Waals surface area contributed by atoms with Gasteiger partial charge in [-0.25, -0.2) is 15.4 Å². The molecule has 33 heteroatoms. The number of esters is 3. The summed E-state index contributed by atoms with van der Waals surface area (Å²) in [7, 11) is 2.04. The van der Waals surface area contributed by atoms with Crippen molar-refractivity contribution in [2.24, 2.45) is 46.1 Å². The van der Waals surface area contributed by atoms with Gasteiger partial charge in [0.1, 0.15) is 28.4 Å². The van der Waals surface area contributed by atoms with E-state index in [1.807, 2.05) is 129 Å². The van der Waals surface area contributed by atoms with Crippen molar-refractivity contribution in [2.45, 2.75) is 242 Å². The third-order valence-corrected chi connectivity index (χ3v) is 17.0. The van der Waals surface area contributed by atoms with Gasteiger partial charge >= 0.3 is 42.4 Å². The number of epoxide rings is 1. The Morgan fingerprint density at radius 3 is 1.16 bits per heavy atom. The van der Waals surface area contributed by atoms with Crippen LogP contribution in [0.1, 0.15) is 180 Å². The molecule has 0 aromatic heterocycles. The maximum absolute atomic E-state index is 13.6. The number of carbonyl (C=O) groups excluding carboxylic acids is 8. The number of hydrogen-bond donors (Lipinski definition) is 7. The monoisotopic (exact) mass is 2070 g/mol. The molecule has 3 amide bonds. The average molecular weight is 2070 g/mol. The van der Waals surface area contributed by atoms with E-state index in [0.29, 0.717) is 38.6 Å². The highest BCUT2D eigenvalue weighted by Gasteiger charge is 2.56. The van der Waals surface area contributed by atoms with Gasteiger partial charge < -0.3 is 60.6 Å². The molecule has 0 unspecified atom stereocenters. The van der Waals surface area contributed by atoms with Crippen LogP contribution in [0.4, 0.5) is 35.9 Å². The molecule has 1 heterocycles. The van der Waals surface area contributed by atoms with Crippen LogP contribution in [-0.2, 0) is 81.2 Å². The number of alkyl halides is 6. The first-order chi connectivity index (χ1) is 47.4. The van der Waals surface area contributed by atoms with Gasteiger partial charge in [0.15, 0.2) is 5.78 Å². The predicted molar refractivity (Wildman–Crippen MR) is 434 cm³/mol. The highest BCUT2D eigenvalue weighted by atomic mass is 128. The lowest BCUT2D eigenvalue weighted by molar-refractivity contribution is -0.229. The van der Waals surface area contributed by atoms with Crippen LogP contribution in [0.15, 0.2) is 72.8 Å². The van der Waals surface area contributed by atoms with E-state index in [-0.39, 0.29) is 54.5 Å². The summed E-state index contributed by atoms with van der Waals surface area (Å²) in [5.41, 5.74) is 3.41. The number of nitrogens with one attached hydrogen (secondary N) is 2. The number of aliphatic hydroxyl groups is 2. The van der Waals surface area contributed by atoms with E-state index < -0.39 is 106 Å². The van der Waals surface area contributed by atoms with Gasteiger partial charge in [-0.15, -0.1) is 0 Å². The standard InChI is InChI=1S/C20H27F3INO4.C17H25IO3.C16H21IO3.C9H14F3NO3.C5H12N2O2.C5H10O2.I2.H3N/c1-5-15(26)13(10-12-6-8-14(24)9-7-12)11-16(27)17(25-18(28)29-4)19(2,3)20(21,22)23;1-5-15(19)13(11-16(20)21-17(2,3)4)10-12-6-8-14(18)9-7-12;1-16(2,3)20-15(18)9-12(14-10-19-14)8-11-4-6-13(17)7-5-11;1-8(2,9(10,11)12)5(7(13)15)4-6(14)16-3;1-5(2,3)9-4(8)7-6;1-5(2,3)7-4-6;1-2;/h6-9,13,15,17,26H,5,10-11H2,1-4H3,(H,25,28);6-9,13,15,19H,5,10-11H2,1-4H3;4-7,12,14H,8-10H2,1-3H3;5H,4H2,1-3H3,(H2,13,15);6H2,1-3H3,(H,7,8);4H,1-3H3;;1H3/t13-,15+,17-;13-,15+;12-,14+;5-;;;;/m1111..../s1. The molecule has 1 fully saturated rings. The van der Waals surface area contributed by atoms with E-state index in [2.05, 4.69) is 143 Å². The smallest absolute Gasteiger partial charge is 0.421 e. The van der Waals surface area contributed by atoms with Crippen molar-refractivity contribution >= 4 is 153 Å². The summed E-state index contributed by atoms with van der Waals surface area (Å²) in [6, 6.07) is 22.2. The maximum Gasteiger partial charge on any atom is 0.421 e. The third kappa shape index (κ3) is 49.2. The van der Waals surface area contributed by atoms with Gasteiger partial charge in [-0.3, -0.25) is 34.2 Å². The first kappa shape index (κ1) is 108. The number of amides is 3. The minimum Gasteiger partial charge on any atom is -0.469 e. The quantitative estimate of drug-likeness (QED) is 0.00477. The van der Waals surface area contributed by atoms with Gasteiger partial charge in [-0.05, 0) is 262 Å². The van der Waals surface area contributed by atoms with Crippen LogP contribution in [0.5, 0.6) is 0 Å². The van der Waals surface area contributed by atoms with Gasteiger partial charge in [-0.2, -0.15) is 26.3 Å². The van der Waals surface area contributed by atoms with Crippen molar-refractivity contribution in [3.8, 4) is 0 Å². The largest absolute Gasteiger partial charge is 0.469 e. The summed E-state index contributed by atoms with van der Waals surface area (Å²) in [6.45, 7) is 30.3. The topological polar surface area (TPSA) is 356 Å². The molecule has 4 rings (SSSR count). The molecule has 0 bridgehead atoms. The van der Waals surface area contributed by atoms with Gasteiger partial charge in [0.05, 0.1) is 75.1 Å². The van der Waals surface area contributed by atoms with Crippen LogP contribution in [0.3, 0.4) is 0 Å². The zero-order valence-electron chi connectivity index (χ0n) is 63.7. The van der Waals surface area contributed by atoms with E-state index >= 15 is 0 Å². The lowest BCUT2D eigenvalue weighted by Crippen LogP contribution is -2.56. The lowest BCUT2D eigenvalue weighted by atomic mass is 9.76. The Labute approximate surface area is 680 Å². The molecule has 604 valence electrons. The number of ketones is 1. The SMILES string of the molecule is CC(C)(C)OC(=O)C[C@@H](Cc1ccc(I)cc1)[C@@H]1CO1.CC(C)(C)OC(=O)NN.CC(C)(C)OC=O.CC[C@H](O)[C@@H](CC(=O)OC(C)(C)C)Cc1ccc(I)cc1.CC[C@H](O)[C@@H](CC(=O)[C@@H](NC(=O)OC)C(C)(C)C(F)(F)F)Cc1ccc(I)cc1.COC(=O)C[C@H](C(N)=O)C(C)(C)C(F)(F)F.II.N. The number of rotatable bonds is 25. The molecular weight excluding hydrogens is 1960 g/mol. The van der Waals surface area contributed by atoms with Gasteiger partial charge in [0.2, 0.25) is 5.91 Å². The fourth-order valence-corrected chi connectivity index (χ4v) is 10.1. The molecule has 0 radical (unpaired) electrons. The number of benzene rings is 3. The number of methoxy groups -OCH3 is 2. The molecular formula is C72H112F6I5N5O17. The Morgan fingerprint density at radius 1 is 0.543 bits per heavy atom. The van der Waals surface area contributed by atoms with Crippen LogP contribution in [-0.4, -0.2) is 138 Å². The van der Waals surface area contributed by atoms with E-state index in [9.17, 15) is 74.9 Å². The summed E-state index contributed by atoms with van der Waals surface area (Å²) < 4.78 is 116. The first-order valence-electron chi connectivity index (χ1n) is 32.9. The fourth-order valence-electron chi connectivity index (χ4n) is 8.97. The number of primary amides is 1. The predicted octanol–water partition coefficient (Wildman–Crippen LogP) is 16.5. The maximum atomic E-state index is 13.6. The Morgan fingerprint density at radius 2 is 0.895 bits per heavy atom. The molecule has 1 aliphatic heterocycles. The highest BCUT2D eigenvalue weighted by molar-refractivity contribution is 15.0. The van der Waals surface area contributed by atoms with E-state index in [0.717, 1.165) is 69.6 Å². The summed E-state index contributed by atoms with van der Waals surface area (Å²) in [5, 5.41) is 22.6. The third-order valence-electron chi connectivity index (χ3n) is 14.9. The average Bonchev–Trinajstić information content (AvgIpc) is 1.66. The second-order valence-electron chi connectivity index (χ2n) is 29.1. The number of halogens is 11. The second-order valence-corrected chi connectivity index (χ2v) is 32.8. The molecule has 0 aliphatic carbocycles. The van der Waals surface area contributed by atoms with Crippen molar-refractivity contribution in [1.82, 2.24) is 16.9 Å². The number of aliphatic hydroxyl groups excluding tert-OH is 2. The summed E-state index contributed by atoms with van der Waals surface area (Å²) in [5.74, 6) is -0.623. The molecule has 0 saturated carbocycles. The first-order valence-corrected chi connectivity index (χ1v) is 42.4. The molecule has 3 aromatic rings.